The molecule has 24 heavy (non-hydrogen) atoms. The number of hydrogen-bond donors (Lipinski definition) is 1. The van der Waals surface area contributed by atoms with E-state index < -0.39 is 5.60 Å². The number of aromatic amines is 1. The molecule has 0 bridgehead atoms. The van der Waals surface area contributed by atoms with Gasteiger partial charge in [0.25, 0.3) is 5.56 Å². The molecule has 0 saturated heterocycles. The highest BCUT2D eigenvalue weighted by atomic mass is 16.5. The number of hydrogen-bond acceptors (Lipinski definition) is 5. The first kappa shape index (κ1) is 15.6. The van der Waals surface area contributed by atoms with Crippen LogP contribution >= 0.6 is 0 Å². The molecule has 120 valence electrons. The second-order valence-corrected chi connectivity index (χ2v) is 5.79. The Morgan fingerprint density at radius 1 is 1.29 bits per heavy atom. The number of fused-ring (bicyclic) bond motifs is 1. The lowest BCUT2D eigenvalue weighted by atomic mass is 9.91. The van der Waals surface area contributed by atoms with Crippen molar-refractivity contribution in [2.24, 2.45) is 0 Å². The molecule has 1 aliphatic rings. The summed E-state index contributed by atoms with van der Waals surface area (Å²) in [5, 5.41) is 9.11. The molecule has 1 N–H and O–H groups in total. The number of carbonyl (C=O) groups excluding carboxylic acids is 1. The zero-order valence-corrected chi connectivity index (χ0v) is 13.1. The van der Waals surface area contributed by atoms with Gasteiger partial charge in [0.1, 0.15) is 22.9 Å². The van der Waals surface area contributed by atoms with Gasteiger partial charge < -0.3 is 14.5 Å². The molecule has 0 aliphatic carbocycles. The van der Waals surface area contributed by atoms with Crippen LogP contribution in [0.1, 0.15) is 25.0 Å². The average molecular weight is 322 g/mol. The van der Waals surface area contributed by atoms with Crippen molar-refractivity contribution in [1.82, 2.24) is 4.98 Å². The summed E-state index contributed by atoms with van der Waals surface area (Å²) in [4.78, 5) is 25.6. The minimum Gasteiger partial charge on any atom is -0.482 e. The van der Waals surface area contributed by atoms with Crippen LogP contribution in [-0.2, 0) is 4.79 Å². The lowest BCUT2D eigenvalue weighted by Crippen LogP contribution is -2.36. The van der Waals surface area contributed by atoms with Crippen LogP contribution in [0.3, 0.4) is 0 Å². The van der Waals surface area contributed by atoms with Crippen molar-refractivity contribution >= 4 is 12.0 Å². The van der Waals surface area contributed by atoms with Gasteiger partial charge >= 0.3 is 0 Å². The maximum absolute atomic E-state index is 11.7. The van der Waals surface area contributed by atoms with Crippen LogP contribution in [0.2, 0.25) is 0 Å². The van der Waals surface area contributed by atoms with E-state index in [-0.39, 0.29) is 11.3 Å². The van der Waals surface area contributed by atoms with E-state index in [0.29, 0.717) is 34.5 Å². The monoisotopic (exact) mass is 322 g/mol. The van der Waals surface area contributed by atoms with E-state index in [1.165, 1.54) is 12.3 Å². The maximum atomic E-state index is 11.7. The molecule has 0 amide bonds. The van der Waals surface area contributed by atoms with Crippen molar-refractivity contribution in [2.45, 2.75) is 19.4 Å². The Morgan fingerprint density at radius 2 is 2.08 bits per heavy atom. The van der Waals surface area contributed by atoms with Crippen molar-refractivity contribution in [2.75, 3.05) is 0 Å². The molecular formula is C18H14N2O4. The molecule has 2 heterocycles. The second-order valence-electron chi connectivity index (χ2n) is 5.79. The van der Waals surface area contributed by atoms with Crippen LogP contribution < -0.4 is 15.0 Å². The quantitative estimate of drug-likeness (QED) is 0.876. The molecule has 0 saturated carbocycles. The van der Waals surface area contributed by atoms with E-state index in [1.807, 2.05) is 6.07 Å². The molecule has 1 aliphatic heterocycles. The Bertz CT molecular complexity index is 948. The van der Waals surface area contributed by atoms with E-state index in [4.69, 9.17) is 14.7 Å². The van der Waals surface area contributed by atoms with Crippen molar-refractivity contribution in [3.05, 3.63) is 63.6 Å². The third-order valence-corrected chi connectivity index (χ3v) is 3.70. The summed E-state index contributed by atoms with van der Waals surface area (Å²) >= 11 is 0. The number of H-pyrrole nitrogens is 1. The smallest absolute Gasteiger partial charge is 0.251 e. The third kappa shape index (κ3) is 2.68. The first-order valence-corrected chi connectivity index (χ1v) is 7.24. The van der Waals surface area contributed by atoms with Crippen LogP contribution in [0, 0.1) is 11.3 Å². The fraction of sp³-hybridized carbons (Fsp3) is 0.167. The number of carbonyl (C=O) groups is 1. The number of nitrogens with one attached hydrogen (secondary N) is 1. The minimum absolute atomic E-state index is 0.277. The topological polar surface area (TPSA) is 92.2 Å². The Morgan fingerprint density at radius 3 is 2.75 bits per heavy atom. The Balaban J connectivity index is 2.21. The second kappa shape index (κ2) is 5.70. The highest BCUT2D eigenvalue weighted by Gasteiger charge is 2.36. The highest BCUT2D eigenvalue weighted by molar-refractivity contribution is 5.91. The summed E-state index contributed by atoms with van der Waals surface area (Å²) in [6.07, 6.45) is 2.13. The Hall–Kier alpha value is -3.33. The normalized spacial score (nSPS) is 15.0. The van der Waals surface area contributed by atoms with Gasteiger partial charge in [0.05, 0.1) is 22.8 Å². The van der Waals surface area contributed by atoms with Gasteiger partial charge in [0.2, 0.25) is 0 Å². The SMILES string of the molecule is CC1(C)Oc2ccc(C#N)cc2C(Oc2cc[nH]c(=O)c2)=C1C=O. The van der Waals surface area contributed by atoms with Crippen LogP contribution in [-0.4, -0.2) is 16.9 Å². The van der Waals surface area contributed by atoms with E-state index in [0.717, 1.165) is 0 Å². The molecule has 0 spiro atoms. The fourth-order valence-electron chi connectivity index (χ4n) is 2.53. The van der Waals surface area contributed by atoms with Gasteiger partial charge in [-0.15, -0.1) is 0 Å². The van der Waals surface area contributed by atoms with E-state index in [9.17, 15) is 9.59 Å². The first-order chi connectivity index (χ1) is 11.4. The lowest BCUT2D eigenvalue weighted by molar-refractivity contribution is -0.106. The summed E-state index contributed by atoms with van der Waals surface area (Å²) < 4.78 is 11.7. The summed E-state index contributed by atoms with van der Waals surface area (Å²) in [7, 11) is 0. The zero-order chi connectivity index (χ0) is 17.3. The van der Waals surface area contributed by atoms with Gasteiger partial charge in [-0.3, -0.25) is 9.59 Å². The summed E-state index contributed by atoms with van der Waals surface area (Å²) in [5.41, 5.74) is -0.0204. The molecule has 2 aromatic rings. The van der Waals surface area contributed by atoms with Crippen molar-refractivity contribution in [1.29, 1.82) is 5.26 Å². The zero-order valence-electron chi connectivity index (χ0n) is 13.1. The number of aromatic nitrogens is 1. The minimum atomic E-state index is -0.903. The van der Waals surface area contributed by atoms with E-state index >= 15 is 0 Å². The van der Waals surface area contributed by atoms with Crippen LogP contribution in [0.25, 0.3) is 5.76 Å². The Kier molecular flexibility index (Phi) is 3.70. The number of nitriles is 1. The number of aldehydes is 1. The number of benzene rings is 1. The third-order valence-electron chi connectivity index (χ3n) is 3.70. The maximum Gasteiger partial charge on any atom is 0.251 e. The summed E-state index contributed by atoms with van der Waals surface area (Å²) in [6, 6.07) is 9.80. The lowest BCUT2D eigenvalue weighted by Gasteiger charge is -2.34. The highest BCUT2D eigenvalue weighted by Crippen LogP contribution is 2.41. The largest absolute Gasteiger partial charge is 0.482 e. The van der Waals surface area contributed by atoms with Gasteiger partial charge in [-0.05, 0) is 38.1 Å². The standard InChI is InChI=1S/C18H14N2O4/c1-18(2)14(10-21)17(23-12-5-6-20-16(22)8-12)13-7-11(9-19)3-4-15(13)24-18/h3-8,10H,1-2H3,(H,20,22). The molecule has 0 atom stereocenters. The van der Waals surface area contributed by atoms with Crippen molar-refractivity contribution < 1.29 is 14.3 Å². The van der Waals surface area contributed by atoms with Crippen molar-refractivity contribution in [3.8, 4) is 17.6 Å². The van der Waals surface area contributed by atoms with E-state index in [1.54, 1.807) is 38.1 Å². The van der Waals surface area contributed by atoms with Crippen LogP contribution in [0.5, 0.6) is 11.5 Å². The van der Waals surface area contributed by atoms with Gasteiger partial charge in [0.15, 0.2) is 6.29 Å². The molecular weight excluding hydrogens is 308 g/mol. The van der Waals surface area contributed by atoms with Crippen molar-refractivity contribution in [3.63, 3.8) is 0 Å². The van der Waals surface area contributed by atoms with Crippen LogP contribution in [0.15, 0.2) is 46.9 Å². The summed E-state index contributed by atoms with van der Waals surface area (Å²) in [6.45, 7) is 3.50. The number of pyridine rings is 1. The number of ether oxygens (including phenoxy) is 2. The predicted molar refractivity (Wildman–Crippen MR) is 86.5 cm³/mol. The molecule has 1 aromatic heterocycles. The number of rotatable bonds is 3. The molecule has 6 heteroatoms. The molecule has 0 radical (unpaired) electrons. The average Bonchev–Trinajstić information content (AvgIpc) is 2.54. The fourth-order valence-corrected chi connectivity index (χ4v) is 2.53. The van der Waals surface area contributed by atoms with Gasteiger partial charge in [0, 0.05) is 12.3 Å². The molecule has 0 unspecified atom stereocenters. The number of nitrogens with zero attached hydrogens (tertiary/aromatic N) is 1. The van der Waals surface area contributed by atoms with Gasteiger partial charge in [-0.1, -0.05) is 0 Å². The Labute approximate surface area is 138 Å². The molecule has 6 nitrogen and oxygen atoms in total. The predicted octanol–water partition coefficient (Wildman–Crippen LogP) is 2.41. The van der Waals surface area contributed by atoms with Gasteiger partial charge in [-0.2, -0.15) is 5.26 Å². The van der Waals surface area contributed by atoms with E-state index in [2.05, 4.69) is 4.98 Å². The van der Waals surface area contributed by atoms with Crippen LogP contribution in [0.4, 0.5) is 0 Å². The van der Waals surface area contributed by atoms with Gasteiger partial charge in [-0.25, -0.2) is 0 Å². The molecule has 1 aromatic carbocycles. The molecule has 3 rings (SSSR count). The first-order valence-electron chi connectivity index (χ1n) is 7.24. The summed E-state index contributed by atoms with van der Waals surface area (Å²) in [5.74, 6) is 1.07. The molecule has 0 fully saturated rings.